The molecule has 0 unspecified atom stereocenters. The van der Waals surface area contributed by atoms with Gasteiger partial charge in [-0.25, -0.2) is 0 Å². The number of hydrogen-bond acceptors (Lipinski definition) is 9. The second-order valence-electron chi connectivity index (χ2n) is 4.84. The highest BCUT2D eigenvalue weighted by molar-refractivity contribution is 8.14. The van der Waals surface area contributed by atoms with Gasteiger partial charge in [0.2, 0.25) is 0 Å². The van der Waals surface area contributed by atoms with Gasteiger partial charge in [-0.15, -0.1) is 0 Å². The molecule has 0 amide bonds. The Morgan fingerprint density at radius 3 is 2.32 bits per heavy atom. The van der Waals surface area contributed by atoms with Gasteiger partial charge in [-0.3, -0.25) is 0 Å². The average molecular weight is 330 g/mol. The molecule has 8 nitrogen and oxygen atoms in total. The van der Waals surface area contributed by atoms with Crippen LogP contribution in [0.15, 0.2) is 29.4 Å². The normalized spacial score (nSPS) is 32.9. The quantitative estimate of drug-likeness (QED) is 0.135. The number of oxime groups is 1. The van der Waals surface area contributed by atoms with Crippen LogP contribution in [-0.2, 0) is 4.74 Å². The van der Waals surface area contributed by atoms with Crippen LogP contribution in [-0.4, -0.2) is 67.1 Å². The number of nitrogens with zero attached hydrogens (tertiary/aromatic N) is 1. The molecule has 5 atom stereocenters. The number of nitrogens with two attached hydrogens (primary N) is 1. The van der Waals surface area contributed by atoms with Gasteiger partial charge in [0, 0.05) is 11.3 Å². The standard InChI is InChI=1S/C13H18N2O6S/c14-7-3-1-6(2-4-7)12(15-20)22-13-11(19)10(18)9(17)8(5-16)21-13/h1-4,8-11,13,16-20H,5,14H2/b15-12+/t8-,9-,10+,11-,13+/m1/s1. The Hall–Kier alpha value is -1.36. The molecule has 0 aliphatic carbocycles. The van der Waals surface area contributed by atoms with Crippen molar-refractivity contribution in [3.63, 3.8) is 0 Å². The van der Waals surface area contributed by atoms with Crippen molar-refractivity contribution in [3.05, 3.63) is 29.8 Å². The summed E-state index contributed by atoms with van der Waals surface area (Å²) in [5, 5.41) is 51.0. The van der Waals surface area contributed by atoms with Crippen LogP contribution in [0.3, 0.4) is 0 Å². The average Bonchev–Trinajstić information content (AvgIpc) is 2.53. The van der Waals surface area contributed by atoms with Gasteiger partial charge < -0.3 is 36.1 Å². The van der Waals surface area contributed by atoms with Crippen LogP contribution in [0.4, 0.5) is 5.69 Å². The zero-order chi connectivity index (χ0) is 16.3. The molecule has 0 saturated carbocycles. The van der Waals surface area contributed by atoms with Crippen LogP contribution >= 0.6 is 11.8 Å². The Morgan fingerprint density at radius 2 is 1.77 bits per heavy atom. The molecular weight excluding hydrogens is 312 g/mol. The van der Waals surface area contributed by atoms with Crippen molar-refractivity contribution in [2.75, 3.05) is 12.3 Å². The summed E-state index contributed by atoms with van der Waals surface area (Å²) in [5.41, 5.74) is 5.65. The van der Waals surface area contributed by atoms with E-state index >= 15 is 0 Å². The summed E-state index contributed by atoms with van der Waals surface area (Å²) in [6.45, 7) is -0.518. The van der Waals surface area contributed by atoms with E-state index in [-0.39, 0.29) is 5.04 Å². The van der Waals surface area contributed by atoms with Crippen molar-refractivity contribution in [1.82, 2.24) is 0 Å². The Labute approximate surface area is 130 Å². The molecule has 122 valence electrons. The highest BCUT2D eigenvalue weighted by Crippen LogP contribution is 2.31. The van der Waals surface area contributed by atoms with Gasteiger partial charge in [0.1, 0.15) is 34.9 Å². The first-order chi connectivity index (χ1) is 10.5. The number of nitrogen functional groups attached to an aromatic ring is 1. The Bertz CT molecular complexity index is 524. The van der Waals surface area contributed by atoms with Crippen LogP contribution in [0.2, 0.25) is 0 Å². The lowest BCUT2D eigenvalue weighted by Gasteiger charge is -2.39. The van der Waals surface area contributed by atoms with Gasteiger partial charge in [0.25, 0.3) is 0 Å². The third-order valence-corrected chi connectivity index (χ3v) is 4.49. The minimum atomic E-state index is -1.48. The van der Waals surface area contributed by atoms with E-state index in [1.807, 2.05) is 0 Å². The summed E-state index contributed by atoms with van der Waals surface area (Å²) in [6, 6.07) is 6.49. The molecule has 7 N–H and O–H groups in total. The molecule has 1 heterocycles. The first kappa shape index (κ1) is 17.0. The lowest BCUT2D eigenvalue weighted by atomic mass is 10.0. The molecule has 1 aliphatic heterocycles. The third kappa shape index (κ3) is 3.51. The van der Waals surface area contributed by atoms with Crippen molar-refractivity contribution >= 4 is 22.5 Å². The van der Waals surface area contributed by atoms with E-state index in [0.29, 0.717) is 11.3 Å². The molecule has 0 bridgehead atoms. The summed E-state index contributed by atoms with van der Waals surface area (Å²) in [4.78, 5) is 0. The maximum absolute atomic E-state index is 9.96. The molecule has 1 aromatic carbocycles. The van der Waals surface area contributed by atoms with Crippen LogP contribution in [0.5, 0.6) is 0 Å². The van der Waals surface area contributed by atoms with E-state index in [0.717, 1.165) is 11.8 Å². The first-order valence-corrected chi connectivity index (χ1v) is 7.41. The van der Waals surface area contributed by atoms with E-state index < -0.39 is 36.5 Å². The topological polar surface area (TPSA) is 149 Å². The number of anilines is 1. The summed E-state index contributed by atoms with van der Waals surface area (Å²) >= 11 is 0.862. The van der Waals surface area contributed by atoms with Gasteiger partial charge in [-0.1, -0.05) is 29.1 Å². The monoisotopic (exact) mass is 330 g/mol. The molecule has 0 aromatic heterocycles. The van der Waals surface area contributed by atoms with Crippen LogP contribution < -0.4 is 5.73 Å². The highest BCUT2D eigenvalue weighted by Gasteiger charge is 2.44. The Kier molecular flexibility index (Phi) is 5.62. The second-order valence-corrected chi connectivity index (χ2v) is 5.93. The fourth-order valence-electron chi connectivity index (χ4n) is 2.05. The van der Waals surface area contributed by atoms with E-state index in [9.17, 15) is 15.3 Å². The van der Waals surface area contributed by atoms with Gasteiger partial charge >= 0.3 is 0 Å². The zero-order valence-electron chi connectivity index (χ0n) is 11.5. The predicted molar refractivity (Wildman–Crippen MR) is 80.5 cm³/mol. The molecule has 22 heavy (non-hydrogen) atoms. The second kappa shape index (κ2) is 7.27. The molecule has 1 aliphatic rings. The van der Waals surface area contributed by atoms with Gasteiger partial charge in [0.05, 0.1) is 6.61 Å². The van der Waals surface area contributed by atoms with Crippen molar-refractivity contribution < 1.29 is 30.4 Å². The molecule has 1 aromatic rings. The summed E-state index contributed by atoms with van der Waals surface area (Å²) in [6.07, 6.45) is -5.33. The summed E-state index contributed by atoms with van der Waals surface area (Å²) in [7, 11) is 0. The smallest absolute Gasteiger partial charge is 0.145 e. The van der Waals surface area contributed by atoms with Crippen molar-refractivity contribution in [2.45, 2.75) is 29.9 Å². The van der Waals surface area contributed by atoms with Crippen molar-refractivity contribution in [3.8, 4) is 0 Å². The maximum Gasteiger partial charge on any atom is 0.145 e. The van der Waals surface area contributed by atoms with Gasteiger partial charge in [-0.05, 0) is 12.1 Å². The third-order valence-electron chi connectivity index (χ3n) is 3.32. The number of ether oxygens (including phenoxy) is 1. The lowest BCUT2D eigenvalue weighted by molar-refractivity contribution is -0.205. The molecule has 0 radical (unpaired) electrons. The minimum Gasteiger partial charge on any atom is -0.410 e. The molecule has 9 heteroatoms. The lowest BCUT2D eigenvalue weighted by Crippen LogP contribution is -2.57. The fourth-order valence-corrected chi connectivity index (χ4v) is 3.09. The fraction of sp³-hybridized carbons (Fsp3) is 0.462. The maximum atomic E-state index is 9.96. The highest BCUT2D eigenvalue weighted by atomic mass is 32.2. The number of aliphatic hydroxyl groups is 4. The van der Waals surface area contributed by atoms with Gasteiger partial charge in [-0.2, -0.15) is 0 Å². The molecule has 2 rings (SSSR count). The van der Waals surface area contributed by atoms with Crippen molar-refractivity contribution in [1.29, 1.82) is 0 Å². The molecule has 1 fully saturated rings. The van der Waals surface area contributed by atoms with Crippen LogP contribution in [0, 0.1) is 0 Å². The van der Waals surface area contributed by atoms with Gasteiger partial charge in [0.15, 0.2) is 0 Å². The molecule has 0 spiro atoms. The molecule has 1 saturated heterocycles. The Morgan fingerprint density at radius 1 is 1.14 bits per heavy atom. The summed E-state index contributed by atoms with van der Waals surface area (Å²) < 4.78 is 5.34. The van der Waals surface area contributed by atoms with E-state index in [4.69, 9.17) is 20.8 Å². The number of aliphatic hydroxyl groups excluding tert-OH is 4. The number of hydrogen-bond donors (Lipinski definition) is 6. The molecular formula is C13H18N2O6S. The van der Waals surface area contributed by atoms with Crippen LogP contribution in [0.1, 0.15) is 5.56 Å². The zero-order valence-corrected chi connectivity index (χ0v) is 12.3. The summed E-state index contributed by atoms with van der Waals surface area (Å²) in [5.74, 6) is 0. The van der Waals surface area contributed by atoms with E-state index in [1.165, 1.54) is 0 Å². The van der Waals surface area contributed by atoms with Crippen LogP contribution in [0.25, 0.3) is 0 Å². The van der Waals surface area contributed by atoms with E-state index in [1.54, 1.807) is 24.3 Å². The first-order valence-electron chi connectivity index (χ1n) is 6.53. The minimum absolute atomic E-state index is 0.143. The largest absolute Gasteiger partial charge is 0.410 e. The van der Waals surface area contributed by atoms with E-state index in [2.05, 4.69) is 5.16 Å². The Balaban J connectivity index is 2.15. The number of thioether (sulfide) groups is 1. The SMILES string of the molecule is Nc1ccc(/C(=N\O)S[C@@H]2O[C@H](CO)[C@@H](O)[C@H](O)[C@H]2O)cc1. The predicted octanol–water partition coefficient (Wildman–Crippen LogP) is -1.06. The number of benzene rings is 1. The van der Waals surface area contributed by atoms with Crippen molar-refractivity contribution in [2.24, 2.45) is 5.16 Å². The number of rotatable bonds is 3.